The van der Waals surface area contributed by atoms with E-state index in [4.69, 9.17) is 10.8 Å². The molecule has 2 heterocycles. The maximum atomic E-state index is 14.6. The smallest absolute Gasteiger partial charge is 0.228 e. The minimum atomic E-state index is -0.882. The number of nitrogen functional groups attached to an aromatic ring is 1. The van der Waals surface area contributed by atoms with E-state index in [1.54, 1.807) is 6.07 Å². The van der Waals surface area contributed by atoms with Crippen LogP contribution >= 0.6 is 0 Å². The summed E-state index contributed by atoms with van der Waals surface area (Å²) in [6, 6.07) is 41.8. The number of halogens is 1. The molecular weight excluding hydrogens is 573 g/mol. The third kappa shape index (κ3) is 5.22. The normalized spacial score (nSPS) is 14.4. The molecule has 1 amide bonds. The minimum absolute atomic E-state index is 0.0340. The van der Waals surface area contributed by atoms with E-state index in [0.717, 1.165) is 59.1 Å². The number of benzene rings is 5. The van der Waals surface area contributed by atoms with Crippen molar-refractivity contribution in [1.29, 1.82) is 0 Å². The quantitative estimate of drug-likeness (QED) is 0.145. The van der Waals surface area contributed by atoms with E-state index in [1.165, 1.54) is 6.07 Å². The molecule has 1 fully saturated rings. The van der Waals surface area contributed by atoms with Crippen LogP contribution in [0.1, 0.15) is 29.5 Å². The number of carbonyl (C=O) groups is 1. The molecule has 7 rings (SSSR count). The summed E-state index contributed by atoms with van der Waals surface area (Å²) in [4.78, 5) is 16.0. The van der Waals surface area contributed by atoms with E-state index in [1.807, 2.05) is 83.5 Å². The van der Waals surface area contributed by atoms with Crippen LogP contribution in [0, 0.1) is 11.7 Å². The Hall–Kier alpha value is -5.27. The monoisotopic (exact) mass is 609 g/mol. The van der Waals surface area contributed by atoms with Crippen molar-refractivity contribution < 1.29 is 9.18 Å². The van der Waals surface area contributed by atoms with Crippen LogP contribution in [0.3, 0.4) is 0 Å². The Bertz CT molecular complexity index is 1890. The van der Waals surface area contributed by atoms with Gasteiger partial charge in [-0.3, -0.25) is 4.79 Å². The first-order valence-corrected chi connectivity index (χ1v) is 15.7. The maximum Gasteiger partial charge on any atom is 0.228 e. The number of nitrogens with zero attached hydrogens (tertiary/aromatic N) is 3. The predicted molar refractivity (Wildman–Crippen MR) is 183 cm³/mol. The van der Waals surface area contributed by atoms with Crippen LogP contribution < -0.4 is 11.1 Å². The lowest BCUT2D eigenvalue weighted by molar-refractivity contribution is -0.121. The van der Waals surface area contributed by atoms with Crippen molar-refractivity contribution in [3.05, 3.63) is 150 Å². The number of fused-ring (bicyclic) bond motifs is 1. The molecule has 6 nitrogen and oxygen atoms in total. The third-order valence-electron chi connectivity index (χ3n) is 9.24. The molecule has 0 spiro atoms. The molecule has 7 heteroatoms. The van der Waals surface area contributed by atoms with Crippen LogP contribution in [-0.4, -0.2) is 40.7 Å². The summed E-state index contributed by atoms with van der Waals surface area (Å²) in [6.07, 6.45) is 1.58. The molecule has 3 N–H and O–H groups in total. The SMILES string of the molecule is CN1CCC(C(=O)Nc2nn(C(c3ccccc3)(c3ccccc3)c3ccccc3)c3ccc(-c4ccc(N)c(F)c4)cc23)CC1. The Morgan fingerprint density at radius 1 is 0.783 bits per heavy atom. The van der Waals surface area contributed by atoms with Gasteiger partial charge in [0.25, 0.3) is 0 Å². The number of nitrogens with one attached hydrogen (secondary N) is 1. The lowest BCUT2D eigenvalue weighted by Gasteiger charge is -2.37. The molecular formula is C39H36FN5O. The van der Waals surface area contributed by atoms with Crippen molar-refractivity contribution in [2.24, 2.45) is 5.92 Å². The molecule has 0 saturated carbocycles. The summed E-state index contributed by atoms with van der Waals surface area (Å²) >= 11 is 0. The van der Waals surface area contributed by atoms with Crippen molar-refractivity contribution in [2.75, 3.05) is 31.2 Å². The zero-order valence-electron chi connectivity index (χ0n) is 25.7. The second-order valence-electron chi connectivity index (χ2n) is 12.1. The summed E-state index contributed by atoms with van der Waals surface area (Å²) in [5.41, 5.74) is 10.4. The van der Waals surface area contributed by atoms with Crippen molar-refractivity contribution in [2.45, 2.75) is 18.4 Å². The summed E-state index contributed by atoms with van der Waals surface area (Å²) in [7, 11) is 2.08. The van der Waals surface area contributed by atoms with E-state index < -0.39 is 11.4 Å². The highest BCUT2D eigenvalue weighted by Gasteiger charge is 2.41. The molecule has 1 aromatic heterocycles. The molecule has 0 aliphatic carbocycles. The van der Waals surface area contributed by atoms with Gasteiger partial charge in [0.05, 0.1) is 11.2 Å². The van der Waals surface area contributed by atoms with E-state index >= 15 is 0 Å². The Balaban J connectivity index is 1.49. The molecule has 1 aliphatic rings. The average molecular weight is 610 g/mol. The predicted octanol–water partition coefficient (Wildman–Crippen LogP) is 7.55. The fourth-order valence-electron chi connectivity index (χ4n) is 6.75. The Morgan fingerprint density at radius 3 is 1.85 bits per heavy atom. The number of piperidine rings is 1. The number of rotatable bonds is 7. The van der Waals surface area contributed by atoms with Gasteiger partial charge in [-0.15, -0.1) is 0 Å². The fourth-order valence-corrected chi connectivity index (χ4v) is 6.75. The molecule has 0 atom stereocenters. The van der Waals surface area contributed by atoms with Crippen molar-refractivity contribution in [1.82, 2.24) is 14.7 Å². The van der Waals surface area contributed by atoms with Gasteiger partial charge in [-0.25, -0.2) is 9.07 Å². The largest absolute Gasteiger partial charge is 0.396 e. The molecule has 0 radical (unpaired) electrons. The van der Waals surface area contributed by atoms with Crippen LogP contribution in [0.25, 0.3) is 22.0 Å². The molecule has 5 aromatic carbocycles. The molecule has 0 unspecified atom stereocenters. The Labute approximate surface area is 268 Å². The zero-order valence-corrected chi connectivity index (χ0v) is 25.7. The zero-order chi connectivity index (χ0) is 31.7. The fraction of sp³-hybridized carbons (Fsp3) is 0.179. The number of anilines is 2. The number of aromatic nitrogens is 2. The highest BCUT2D eigenvalue weighted by Crippen LogP contribution is 2.44. The summed E-state index contributed by atoms with van der Waals surface area (Å²) in [5, 5.41) is 9.29. The first-order chi connectivity index (χ1) is 22.4. The van der Waals surface area contributed by atoms with Gasteiger partial charge in [-0.2, -0.15) is 5.10 Å². The van der Waals surface area contributed by atoms with E-state index in [0.29, 0.717) is 11.4 Å². The lowest BCUT2D eigenvalue weighted by atomic mass is 9.77. The van der Waals surface area contributed by atoms with E-state index in [9.17, 15) is 9.18 Å². The highest BCUT2D eigenvalue weighted by atomic mass is 19.1. The number of amides is 1. The standard InChI is InChI=1S/C39H36FN5O/c1-44-23-21-27(22-24-44)38(46)42-37-33-25-28(29-17-19-35(41)34(40)26-29)18-20-36(33)45(43-37)39(30-11-5-2-6-12-30,31-13-7-3-8-14-31)32-15-9-4-10-16-32/h2-20,25-27H,21-24,41H2,1H3,(H,42,43,46). The van der Waals surface area contributed by atoms with Crippen LogP contribution in [0.4, 0.5) is 15.9 Å². The van der Waals surface area contributed by atoms with Gasteiger partial charge in [-0.1, -0.05) is 103 Å². The molecule has 1 aliphatic heterocycles. The van der Waals surface area contributed by atoms with Gasteiger partial charge in [0, 0.05) is 11.3 Å². The molecule has 6 aromatic rings. The summed E-state index contributed by atoms with van der Waals surface area (Å²) in [6.45, 7) is 1.75. The average Bonchev–Trinajstić information content (AvgIpc) is 3.45. The third-order valence-corrected chi connectivity index (χ3v) is 9.24. The highest BCUT2D eigenvalue weighted by molar-refractivity contribution is 6.02. The molecule has 0 bridgehead atoms. The number of carbonyl (C=O) groups excluding carboxylic acids is 1. The molecule has 46 heavy (non-hydrogen) atoms. The van der Waals surface area contributed by atoms with Gasteiger partial charge in [0.15, 0.2) is 5.82 Å². The Kier molecular flexibility index (Phi) is 7.84. The van der Waals surface area contributed by atoms with Crippen LogP contribution in [0.5, 0.6) is 0 Å². The van der Waals surface area contributed by atoms with Gasteiger partial charge < -0.3 is 16.0 Å². The minimum Gasteiger partial charge on any atom is -0.396 e. The van der Waals surface area contributed by atoms with Crippen LogP contribution in [0.2, 0.25) is 0 Å². The maximum absolute atomic E-state index is 14.6. The van der Waals surface area contributed by atoms with Crippen molar-refractivity contribution in [3.63, 3.8) is 0 Å². The number of hydrogen-bond donors (Lipinski definition) is 2. The van der Waals surface area contributed by atoms with Gasteiger partial charge in [0.2, 0.25) is 5.91 Å². The van der Waals surface area contributed by atoms with Crippen LogP contribution in [0.15, 0.2) is 127 Å². The Morgan fingerprint density at radius 2 is 1.30 bits per heavy atom. The molecule has 1 saturated heterocycles. The van der Waals surface area contributed by atoms with Gasteiger partial charge in [0.1, 0.15) is 11.4 Å². The van der Waals surface area contributed by atoms with Gasteiger partial charge >= 0.3 is 0 Å². The van der Waals surface area contributed by atoms with Crippen LogP contribution in [-0.2, 0) is 10.3 Å². The number of nitrogens with two attached hydrogens (primary N) is 1. The van der Waals surface area contributed by atoms with Crippen molar-refractivity contribution >= 4 is 28.3 Å². The number of likely N-dealkylation sites (tertiary alicyclic amines) is 1. The first-order valence-electron chi connectivity index (χ1n) is 15.7. The second kappa shape index (κ2) is 12.3. The second-order valence-corrected chi connectivity index (χ2v) is 12.1. The molecule has 230 valence electrons. The van der Waals surface area contributed by atoms with E-state index in [-0.39, 0.29) is 17.5 Å². The lowest BCUT2D eigenvalue weighted by Crippen LogP contribution is -2.39. The van der Waals surface area contributed by atoms with E-state index in [2.05, 4.69) is 53.7 Å². The van der Waals surface area contributed by atoms with Gasteiger partial charge in [-0.05, 0) is 85.1 Å². The van der Waals surface area contributed by atoms with Crippen molar-refractivity contribution in [3.8, 4) is 11.1 Å². The first kappa shape index (κ1) is 29.4. The summed E-state index contributed by atoms with van der Waals surface area (Å²) < 4.78 is 16.6. The topological polar surface area (TPSA) is 76.2 Å². The summed E-state index contributed by atoms with van der Waals surface area (Å²) in [5.74, 6) is -0.134. The number of hydrogen-bond acceptors (Lipinski definition) is 4.